The number of halogens is 1. The van der Waals surface area contributed by atoms with E-state index in [-0.39, 0.29) is 17.5 Å². The molecule has 0 unspecified atom stereocenters. The molecule has 1 aromatic heterocycles. The van der Waals surface area contributed by atoms with Gasteiger partial charge >= 0.3 is 0 Å². The summed E-state index contributed by atoms with van der Waals surface area (Å²) in [6.07, 6.45) is 2.95. The zero-order valence-corrected chi connectivity index (χ0v) is 12.8. The number of carbonyl (C=O) groups is 1. The van der Waals surface area contributed by atoms with Crippen LogP contribution in [0, 0.1) is 0 Å². The summed E-state index contributed by atoms with van der Waals surface area (Å²) in [6, 6.07) is 6.59. The van der Waals surface area contributed by atoms with Crippen molar-refractivity contribution in [2.75, 3.05) is 13.9 Å². The van der Waals surface area contributed by atoms with Crippen molar-refractivity contribution < 1.29 is 19.0 Å². The second kappa shape index (κ2) is 6.53. The molecule has 0 saturated heterocycles. The molecule has 1 aliphatic rings. The molecule has 0 fully saturated rings. The van der Waals surface area contributed by atoms with Crippen LogP contribution >= 0.6 is 11.6 Å². The number of rotatable bonds is 4. The summed E-state index contributed by atoms with van der Waals surface area (Å²) in [5, 5.41) is 4.02. The number of nitrogens with one attached hydrogen (secondary N) is 1. The SMILES string of the molecule is COc1cc2c(cc1C=NNC(=O)c1cccnc1Cl)OCO2. The molecular weight excluding hydrogens is 322 g/mol. The van der Waals surface area contributed by atoms with Crippen LogP contribution in [0.5, 0.6) is 17.2 Å². The summed E-state index contributed by atoms with van der Waals surface area (Å²) in [7, 11) is 1.53. The van der Waals surface area contributed by atoms with Crippen LogP contribution in [0.15, 0.2) is 35.6 Å². The number of benzene rings is 1. The molecule has 1 aliphatic heterocycles. The van der Waals surface area contributed by atoms with Gasteiger partial charge in [-0.1, -0.05) is 11.6 Å². The lowest BCUT2D eigenvalue weighted by atomic mass is 10.2. The molecule has 0 aliphatic carbocycles. The van der Waals surface area contributed by atoms with Gasteiger partial charge in [0, 0.05) is 17.8 Å². The predicted octanol–water partition coefficient (Wildman–Crippen LogP) is 2.24. The topological polar surface area (TPSA) is 82.0 Å². The molecule has 2 heterocycles. The van der Waals surface area contributed by atoms with Gasteiger partial charge in [0.05, 0.1) is 18.9 Å². The van der Waals surface area contributed by atoms with E-state index < -0.39 is 5.91 Å². The first kappa shape index (κ1) is 15.1. The molecule has 2 aromatic rings. The van der Waals surface area contributed by atoms with E-state index in [1.807, 2.05) is 0 Å². The van der Waals surface area contributed by atoms with E-state index in [1.54, 1.807) is 24.3 Å². The van der Waals surface area contributed by atoms with E-state index in [4.69, 9.17) is 25.8 Å². The minimum atomic E-state index is -0.459. The highest BCUT2D eigenvalue weighted by atomic mass is 35.5. The molecule has 1 amide bonds. The number of fused-ring (bicyclic) bond motifs is 1. The Bertz CT molecular complexity index is 779. The first-order chi connectivity index (χ1) is 11.2. The largest absolute Gasteiger partial charge is 0.496 e. The van der Waals surface area contributed by atoms with E-state index in [9.17, 15) is 4.79 Å². The van der Waals surface area contributed by atoms with E-state index in [0.29, 0.717) is 22.8 Å². The van der Waals surface area contributed by atoms with Gasteiger partial charge in [-0.3, -0.25) is 4.79 Å². The van der Waals surface area contributed by atoms with Gasteiger partial charge in [-0.25, -0.2) is 10.4 Å². The van der Waals surface area contributed by atoms with Gasteiger partial charge in [0.1, 0.15) is 10.9 Å². The molecule has 3 rings (SSSR count). The fraction of sp³-hybridized carbons (Fsp3) is 0.133. The Morgan fingerprint density at radius 3 is 2.96 bits per heavy atom. The summed E-state index contributed by atoms with van der Waals surface area (Å²) in [5.74, 6) is 1.28. The van der Waals surface area contributed by atoms with Crippen molar-refractivity contribution in [1.82, 2.24) is 10.4 Å². The van der Waals surface area contributed by atoms with E-state index >= 15 is 0 Å². The molecule has 7 nitrogen and oxygen atoms in total. The smallest absolute Gasteiger partial charge is 0.274 e. The second-order valence-corrected chi connectivity index (χ2v) is 4.85. The Labute approximate surface area is 136 Å². The molecule has 0 atom stereocenters. The minimum absolute atomic E-state index is 0.112. The van der Waals surface area contributed by atoms with Crippen molar-refractivity contribution in [3.05, 3.63) is 46.7 Å². The van der Waals surface area contributed by atoms with Crippen molar-refractivity contribution in [2.45, 2.75) is 0 Å². The third-order valence-electron chi connectivity index (χ3n) is 3.10. The number of ether oxygens (including phenoxy) is 3. The zero-order chi connectivity index (χ0) is 16.2. The number of pyridine rings is 1. The van der Waals surface area contributed by atoms with Gasteiger partial charge in [0.15, 0.2) is 11.5 Å². The van der Waals surface area contributed by atoms with Crippen LogP contribution in [0.3, 0.4) is 0 Å². The highest BCUT2D eigenvalue weighted by Gasteiger charge is 2.17. The summed E-state index contributed by atoms with van der Waals surface area (Å²) in [5.41, 5.74) is 3.26. The second-order valence-electron chi connectivity index (χ2n) is 4.49. The molecule has 0 bridgehead atoms. The number of nitrogens with zero attached hydrogens (tertiary/aromatic N) is 2. The Balaban J connectivity index is 1.76. The maximum absolute atomic E-state index is 12.0. The normalized spacial score (nSPS) is 12.4. The van der Waals surface area contributed by atoms with Crippen molar-refractivity contribution >= 4 is 23.7 Å². The van der Waals surface area contributed by atoms with Crippen LogP contribution in [0.2, 0.25) is 5.15 Å². The average Bonchev–Trinajstić information content (AvgIpc) is 3.01. The van der Waals surface area contributed by atoms with Gasteiger partial charge < -0.3 is 14.2 Å². The Morgan fingerprint density at radius 1 is 1.43 bits per heavy atom. The number of hydrogen-bond acceptors (Lipinski definition) is 6. The first-order valence-corrected chi connectivity index (χ1v) is 6.98. The van der Waals surface area contributed by atoms with E-state index in [1.165, 1.54) is 19.5 Å². The molecule has 8 heteroatoms. The first-order valence-electron chi connectivity index (χ1n) is 6.60. The van der Waals surface area contributed by atoms with Crippen molar-refractivity contribution in [1.29, 1.82) is 0 Å². The van der Waals surface area contributed by atoms with Gasteiger partial charge in [-0.2, -0.15) is 5.10 Å². The number of hydrazone groups is 1. The van der Waals surface area contributed by atoms with Gasteiger partial charge in [-0.05, 0) is 18.2 Å². The van der Waals surface area contributed by atoms with Crippen molar-refractivity contribution in [3.8, 4) is 17.2 Å². The molecule has 1 aromatic carbocycles. The third kappa shape index (κ3) is 3.19. The van der Waals surface area contributed by atoms with Gasteiger partial charge in [0.25, 0.3) is 5.91 Å². The summed E-state index contributed by atoms with van der Waals surface area (Å²) in [4.78, 5) is 15.8. The highest BCUT2D eigenvalue weighted by Crippen LogP contribution is 2.37. The lowest BCUT2D eigenvalue weighted by molar-refractivity contribution is 0.0955. The quantitative estimate of drug-likeness (QED) is 0.527. The number of carbonyl (C=O) groups excluding carboxylic acids is 1. The van der Waals surface area contributed by atoms with Gasteiger partial charge in [0.2, 0.25) is 6.79 Å². The van der Waals surface area contributed by atoms with Gasteiger partial charge in [-0.15, -0.1) is 0 Å². The summed E-state index contributed by atoms with van der Waals surface area (Å²) in [6.45, 7) is 0.162. The molecule has 0 radical (unpaired) electrons. The molecule has 1 N–H and O–H groups in total. The fourth-order valence-corrected chi connectivity index (χ4v) is 2.20. The van der Waals surface area contributed by atoms with Crippen LogP contribution in [0.25, 0.3) is 0 Å². The Hall–Kier alpha value is -2.80. The lowest BCUT2D eigenvalue weighted by Crippen LogP contribution is -2.18. The molecule has 0 spiro atoms. The molecule has 23 heavy (non-hydrogen) atoms. The van der Waals surface area contributed by atoms with Crippen LogP contribution in [0.4, 0.5) is 0 Å². The van der Waals surface area contributed by atoms with Crippen LogP contribution in [0.1, 0.15) is 15.9 Å². The monoisotopic (exact) mass is 333 g/mol. The Morgan fingerprint density at radius 2 is 2.22 bits per heavy atom. The summed E-state index contributed by atoms with van der Waals surface area (Å²) >= 11 is 5.85. The Kier molecular flexibility index (Phi) is 4.29. The highest BCUT2D eigenvalue weighted by molar-refractivity contribution is 6.32. The van der Waals surface area contributed by atoms with E-state index in [0.717, 1.165) is 0 Å². The minimum Gasteiger partial charge on any atom is -0.496 e. The average molecular weight is 334 g/mol. The molecular formula is C15H12ClN3O4. The zero-order valence-electron chi connectivity index (χ0n) is 12.1. The summed E-state index contributed by atoms with van der Waals surface area (Å²) < 4.78 is 15.8. The predicted molar refractivity (Wildman–Crippen MR) is 83.4 cm³/mol. The molecule has 118 valence electrons. The number of amides is 1. The van der Waals surface area contributed by atoms with Crippen molar-refractivity contribution in [2.24, 2.45) is 5.10 Å². The standard InChI is InChI=1S/C15H12ClN3O4/c1-21-11-6-13-12(22-8-23-13)5-9(11)7-18-19-15(20)10-3-2-4-17-14(10)16/h2-7H,8H2,1H3,(H,19,20). The maximum Gasteiger partial charge on any atom is 0.274 e. The third-order valence-corrected chi connectivity index (χ3v) is 3.40. The van der Waals surface area contributed by atoms with Crippen molar-refractivity contribution in [3.63, 3.8) is 0 Å². The number of hydrogen-bond donors (Lipinski definition) is 1. The number of aromatic nitrogens is 1. The maximum atomic E-state index is 12.0. The molecule has 0 saturated carbocycles. The number of methoxy groups -OCH3 is 1. The fourth-order valence-electron chi connectivity index (χ4n) is 1.99. The van der Waals surface area contributed by atoms with E-state index in [2.05, 4.69) is 15.5 Å². The lowest BCUT2D eigenvalue weighted by Gasteiger charge is -2.06. The van der Waals surface area contributed by atoms with Crippen LogP contribution in [-0.4, -0.2) is 31.0 Å². The van der Waals surface area contributed by atoms with Crippen LogP contribution in [-0.2, 0) is 0 Å². The van der Waals surface area contributed by atoms with Crippen LogP contribution < -0.4 is 19.6 Å².